The normalized spacial score (nSPS) is 21.9. The number of carbonyl (C=O) groups is 1. The topological polar surface area (TPSA) is 59.7 Å². The van der Waals surface area contributed by atoms with Gasteiger partial charge in [0.1, 0.15) is 16.4 Å². The van der Waals surface area contributed by atoms with Gasteiger partial charge in [0.25, 0.3) is 0 Å². The third kappa shape index (κ3) is 3.46. The van der Waals surface area contributed by atoms with E-state index in [4.69, 9.17) is 4.74 Å². The molecule has 2 aromatic heterocycles. The molecule has 1 fully saturated rings. The van der Waals surface area contributed by atoms with Crippen LogP contribution in [0.15, 0.2) is 23.2 Å². The fraction of sp³-hybridized carbons (Fsp3) is 0.533. The Morgan fingerprint density at radius 2 is 2.17 bits per heavy atom. The lowest BCUT2D eigenvalue weighted by atomic mass is 10.1. The van der Waals surface area contributed by atoms with Crippen LogP contribution in [0.25, 0.3) is 5.65 Å². The molecule has 1 aliphatic heterocycles. The maximum absolute atomic E-state index is 13.9. The van der Waals surface area contributed by atoms with Gasteiger partial charge in [0, 0.05) is 18.8 Å². The molecule has 23 heavy (non-hydrogen) atoms. The molecule has 0 N–H and O–H groups in total. The highest BCUT2D eigenvalue weighted by Crippen LogP contribution is 2.34. The van der Waals surface area contributed by atoms with Crippen LogP contribution in [0, 0.1) is 0 Å². The molecule has 6 nitrogen and oxygen atoms in total. The summed E-state index contributed by atoms with van der Waals surface area (Å²) in [5.41, 5.74) is 0.662. The van der Waals surface area contributed by atoms with Gasteiger partial charge in [0.15, 0.2) is 5.65 Å². The van der Waals surface area contributed by atoms with Crippen LogP contribution in [0.1, 0.15) is 38.9 Å². The SMILES string of the molecule is CC(C)(C)OC(=O)N1C[C@H](F)C[C@@H]1c1cn2cc(Br)ncc2n1. The van der Waals surface area contributed by atoms with E-state index in [0.29, 0.717) is 15.9 Å². The van der Waals surface area contributed by atoms with Crippen molar-refractivity contribution < 1.29 is 13.9 Å². The number of hydrogen-bond acceptors (Lipinski definition) is 4. The van der Waals surface area contributed by atoms with Crippen molar-refractivity contribution in [2.24, 2.45) is 0 Å². The number of imidazole rings is 1. The van der Waals surface area contributed by atoms with E-state index >= 15 is 0 Å². The second-order valence-corrected chi connectivity index (χ2v) is 7.44. The van der Waals surface area contributed by atoms with Gasteiger partial charge < -0.3 is 9.14 Å². The zero-order valence-electron chi connectivity index (χ0n) is 13.2. The summed E-state index contributed by atoms with van der Waals surface area (Å²) in [6, 6.07) is -0.432. The first kappa shape index (κ1) is 16.2. The van der Waals surface area contributed by atoms with Crippen molar-refractivity contribution >= 4 is 27.7 Å². The first-order valence-corrected chi connectivity index (χ1v) is 8.16. The van der Waals surface area contributed by atoms with Crippen molar-refractivity contribution in [1.29, 1.82) is 0 Å². The third-order valence-electron chi connectivity index (χ3n) is 3.55. The van der Waals surface area contributed by atoms with Gasteiger partial charge in [0.2, 0.25) is 0 Å². The molecule has 3 rings (SSSR count). The van der Waals surface area contributed by atoms with Crippen molar-refractivity contribution in [3.05, 3.63) is 28.9 Å². The van der Waals surface area contributed by atoms with Crippen LogP contribution in [0.2, 0.25) is 0 Å². The van der Waals surface area contributed by atoms with Crippen LogP contribution in [0.5, 0.6) is 0 Å². The predicted molar refractivity (Wildman–Crippen MR) is 85.9 cm³/mol. The highest BCUT2D eigenvalue weighted by Gasteiger charge is 2.39. The van der Waals surface area contributed by atoms with Gasteiger partial charge in [-0.2, -0.15) is 0 Å². The number of halogens is 2. The Morgan fingerprint density at radius 3 is 2.87 bits per heavy atom. The molecule has 3 heterocycles. The van der Waals surface area contributed by atoms with E-state index in [1.54, 1.807) is 43.8 Å². The molecule has 8 heteroatoms. The number of amides is 1. The number of ether oxygens (including phenoxy) is 1. The first-order chi connectivity index (χ1) is 10.7. The number of likely N-dealkylation sites (tertiary alicyclic amines) is 1. The van der Waals surface area contributed by atoms with Crippen LogP contribution < -0.4 is 0 Å². The van der Waals surface area contributed by atoms with E-state index in [-0.39, 0.29) is 13.0 Å². The number of alkyl halides is 1. The van der Waals surface area contributed by atoms with Gasteiger partial charge in [-0.25, -0.2) is 19.2 Å². The Labute approximate surface area is 141 Å². The predicted octanol–water partition coefficient (Wildman–Crippen LogP) is 3.51. The highest BCUT2D eigenvalue weighted by molar-refractivity contribution is 9.10. The van der Waals surface area contributed by atoms with Gasteiger partial charge >= 0.3 is 6.09 Å². The Hall–Kier alpha value is -1.70. The summed E-state index contributed by atoms with van der Waals surface area (Å²) in [6.07, 6.45) is 3.81. The molecule has 0 aromatic carbocycles. The largest absolute Gasteiger partial charge is 0.444 e. The van der Waals surface area contributed by atoms with Crippen LogP contribution in [0.3, 0.4) is 0 Å². The van der Waals surface area contributed by atoms with Crippen molar-refractivity contribution in [3.8, 4) is 0 Å². The number of hydrogen-bond donors (Lipinski definition) is 0. The second kappa shape index (κ2) is 5.74. The molecule has 1 saturated heterocycles. The molecule has 1 aliphatic rings. The Morgan fingerprint density at radius 1 is 1.43 bits per heavy atom. The number of carbonyl (C=O) groups excluding carboxylic acids is 1. The minimum atomic E-state index is -1.08. The zero-order valence-corrected chi connectivity index (χ0v) is 14.7. The molecular formula is C15H18BrFN4O2. The fourth-order valence-electron chi connectivity index (χ4n) is 2.64. The smallest absolute Gasteiger partial charge is 0.410 e. The molecule has 0 aliphatic carbocycles. The number of aromatic nitrogens is 3. The summed E-state index contributed by atoms with van der Waals surface area (Å²) in [6.45, 7) is 5.39. The first-order valence-electron chi connectivity index (χ1n) is 7.37. The molecule has 0 bridgehead atoms. The summed E-state index contributed by atoms with van der Waals surface area (Å²) < 4.78 is 21.8. The molecule has 2 aromatic rings. The van der Waals surface area contributed by atoms with Crippen molar-refractivity contribution in [1.82, 2.24) is 19.3 Å². The average molecular weight is 385 g/mol. The number of nitrogens with zero attached hydrogens (tertiary/aromatic N) is 4. The third-order valence-corrected chi connectivity index (χ3v) is 3.96. The van der Waals surface area contributed by atoms with Crippen LogP contribution >= 0.6 is 15.9 Å². The van der Waals surface area contributed by atoms with Crippen LogP contribution in [0.4, 0.5) is 9.18 Å². The molecule has 124 valence electrons. The maximum atomic E-state index is 13.9. The summed E-state index contributed by atoms with van der Waals surface area (Å²) in [4.78, 5) is 22.3. The number of fused-ring (bicyclic) bond motifs is 1. The van der Waals surface area contributed by atoms with Crippen LogP contribution in [-0.2, 0) is 4.74 Å². The summed E-state index contributed by atoms with van der Waals surface area (Å²) in [7, 11) is 0. The summed E-state index contributed by atoms with van der Waals surface area (Å²) >= 11 is 3.30. The van der Waals surface area contributed by atoms with Crippen molar-refractivity contribution in [2.75, 3.05) is 6.54 Å². The van der Waals surface area contributed by atoms with E-state index in [1.165, 1.54) is 4.90 Å². The molecule has 2 atom stereocenters. The molecule has 0 radical (unpaired) electrons. The lowest BCUT2D eigenvalue weighted by Gasteiger charge is -2.27. The van der Waals surface area contributed by atoms with E-state index in [2.05, 4.69) is 25.9 Å². The van der Waals surface area contributed by atoms with E-state index < -0.39 is 23.9 Å². The second-order valence-electron chi connectivity index (χ2n) is 6.62. The number of rotatable bonds is 1. The van der Waals surface area contributed by atoms with E-state index in [0.717, 1.165) is 0 Å². The molecule has 0 saturated carbocycles. The maximum Gasteiger partial charge on any atom is 0.410 e. The summed E-state index contributed by atoms with van der Waals surface area (Å²) in [5, 5.41) is 0. The minimum Gasteiger partial charge on any atom is -0.444 e. The molecular weight excluding hydrogens is 367 g/mol. The minimum absolute atomic E-state index is 0.0232. The average Bonchev–Trinajstić information content (AvgIpc) is 2.99. The molecule has 0 spiro atoms. The highest BCUT2D eigenvalue weighted by atomic mass is 79.9. The van der Waals surface area contributed by atoms with Gasteiger partial charge in [0.05, 0.1) is 24.5 Å². The zero-order chi connectivity index (χ0) is 16.8. The molecule has 1 amide bonds. The Bertz CT molecular complexity index is 743. The van der Waals surface area contributed by atoms with Gasteiger partial charge in [-0.15, -0.1) is 0 Å². The quantitative estimate of drug-likeness (QED) is 0.754. The van der Waals surface area contributed by atoms with Gasteiger partial charge in [-0.1, -0.05) is 0 Å². The van der Waals surface area contributed by atoms with E-state index in [9.17, 15) is 9.18 Å². The summed E-state index contributed by atoms with van der Waals surface area (Å²) in [5.74, 6) is 0. The van der Waals surface area contributed by atoms with E-state index in [1.807, 2.05) is 0 Å². The van der Waals surface area contributed by atoms with Crippen LogP contribution in [-0.4, -0.2) is 43.7 Å². The Kier molecular flexibility index (Phi) is 4.03. The van der Waals surface area contributed by atoms with Gasteiger partial charge in [-0.05, 0) is 36.7 Å². The van der Waals surface area contributed by atoms with Crippen molar-refractivity contribution in [2.45, 2.75) is 45.0 Å². The molecule has 0 unspecified atom stereocenters. The standard InChI is InChI=1S/C15H18BrFN4O2/c1-15(2,3)23-14(22)21-6-9(17)4-11(21)10-7-20-8-12(16)18-5-13(20)19-10/h5,7-9,11H,4,6H2,1-3H3/t9-,11-/m1/s1. The van der Waals surface area contributed by atoms with Gasteiger partial charge in [-0.3, -0.25) is 4.90 Å². The lowest BCUT2D eigenvalue weighted by Crippen LogP contribution is -2.37. The fourth-order valence-corrected chi connectivity index (χ4v) is 2.96. The van der Waals surface area contributed by atoms with Crippen molar-refractivity contribution in [3.63, 3.8) is 0 Å². The monoisotopic (exact) mass is 384 g/mol. The lowest BCUT2D eigenvalue weighted by molar-refractivity contribution is 0.0214. The Balaban J connectivity index is 1.90.